The van der Waals surface area contributed by atoms with Crippen LogP contribution in [0.5, 0.6) is 0 Å². The number of nitrogens with one attached hydrogen (secondary N) is 1. The Bertz CT molecular complexity index is 761. The summed E-state index contributed by atoms with van der Waals surface area (Å²) in [5.41, 5.74) is 4.08. The molecule has 3 N–H and O–H groups in total. The number of rotatable bonds is 4. The van der Waals surface area contributed by atoms with Crippen LogP contribution in [0.3, 0.4) is 0 Å². The summed E-state index contributed by atoms with van der Waals surface area (Å²) in [5, 5.41) is 24.2. The van der Waals surface area contributed by atoms with E-state index in [2.05, 4.69) is 5.32 Å². The van der Waals surface area contributed by atoms with Crippen LogP contribution < -0.4 is 11.1 Å². The minimum absolute atomic E-state index is 0.207. The van der Waals surface area contributed by atoms with Gasteiger partial charge in [0.05, 0.1) is 21.1 Å². The van der Waals surface area contributed by atoms with E-state index in [1.165, 1.54) is 0 Å². The van der Waals surface area contributed by atoms with Gasteiger partial charge in [0.1, 0.15) is 0 Å². The van der Waals surface area contributed by atoms with Crippen molar-refractivity contribution in [3.63, 3.8) is 0 Å². The van der Waals surface area contributed by atoms with Crippen LogP contribution in [0.2, 0.25) is 0 Å². The van der Waals surface area contributed by atoms with Crippen molar-refractivity contribution in [2.45, 2.75) is 0 Å². The van der Waals surface area contributed by atoms with E-state index < -0.39 is 27.1 Å². The highest BCUT2D eigenvalue weighted by Gasteiger charge is 2.28. The molecule has 2 rings (SSSR count). The summed E-state index contributed by atoms with van der Waals surface area (Å²) in [5.74, 6) is -0.693. The Labute approximate surface area is 123 Å². The van der Waals surface area contributed by atoms with Gasteiger partial charge in [-0.15, -0.1) is 0 Å². The summed E-state index contributed by atoms with van der Waals surface area (Å²) < 4.78 is 0. The van der Waals surface area contributed by atoms with E-state index in [4.69, 9.17) is 5.73 Å². The van der Waals surface area contributed by atoms with Crippen LogP contribution in [0, 0.1) is 20.2 Å². The molecule has 0 atom stereocenters. The Hall–Kier alpha value is -3.49. The van der Waals surface area contributed by atoms with Crippen molar-refractivity contribution < 1.29 is 14.6 Å². The Balaban J connectivity index is 2.43. The van der Waals surface area contributed by atoms with E-state index in [9.17, 15) is 25.0 Å². The fourth-order valence-corrected chi connectivity index (χ4v) is 1.80. The predicted molar refractivity (Wildman–Crippen MR) is 78.6 cm³/mol. The van der Waals surface area contributed by atoms with Crippen molar-refractivity contribution in [3.8, 4) is 0 Å². The lowest BCUT2D eigenvalue weighted by molar-refractivity contribution is -0.422. The third-order valence-corrected chi connectivity index (χ3v) is 2.82. The van der Waals surface area contributed by atoms with Crippen LogP contribution in [-0.2, 0) is 0 Å². The maximum absolute atomic E-state index is 12.1. The monoisotopic (exact) mass is 302 g/mol. The minimum atomic E-state index is -0.934. The van der Waals surface area contributed by atoms with Crippen LogP contribution >= 0.6 is 0 Å². The standard InChI is InChI=1S/C13H10N4O5/c14-10-7-12(17(21)22)11(16(19)20)6-9(10)13(18)15-8-4-2-1-3-5-8/h1-7H,14H2,(H,15,18). The Morgan fingerprint density at radius 3 is 2.09 bits per heavy atom. The molecule has 0 spiro atoms. The van der Waals surface area contributed by atoms with Gasteiger partial charge in [-0.05, 0) is 12.1 Å². The van der Waals surface area contributed by atoms with Crippen LogP contribution in [0.1, 0.15) is 10.4 Å². The van der Waals surface area contributed by atoms with E-state index in [-0.39, 0.29) is 11.3 Å². The average molecular weight is 302 g/mol. The molecule has 0 fully saturated rings. The number of nitrogens with two attached hydrogens (primary N) is 1. The fourth-order valence-electron chi connectivity index (χ4n) is 1.80. The first kappa shape index (κ1) is 14.9. The van der Waals surface area contributed by atoms with E-state index in [0.29, 0.717) is 5.69 Å². The van der Waals surface area contributed by atoms with Crippen LogP contribution in [0.15, 0.2) is 42.5 Å². The molecule has 1 amide bonds. The van der Waals surface area contributed by atoms with E-state index >= 15 is 0 Å². The second-order valence-corrected chi connectivity index (χ2v) is 4.26. The maximum Gasteiger partial charge on any atom is 0.348 e. The normalized spacial score (nSPS) is 10.0. The van der Waals surface area contributed by atoms with Gasteiger partial charge in [-0.25, -0.2) is 0 Å². The lowest BCUT2D eigenvalue weighted by Crippen LogP contribution is -2.15. The average Bonchev–Trinajstić information content (AvgIpc) is 2.47. The first-order valence-electron chi connectivity index (χ1n) is 5.99. The number of benzene rings is 2. The van der Waals surface area contributed by atoms with Gasteiger partial charge in [-0.2, -0.15) is 0 Å². The highest BCUT2D eigenvalue weighted by atomic mass is 16.6. The van der Waals surface area contributed by atoms with Crippen molar-refractivity contribution in [2.24, 2.45) is 0 Å². The van der Waals surface area contributed by atoms with E-state index in [1.54, 1.807) is 30.3 Å². The molecule has 0 aliphatic heterocycles. The fraction of sp³-hybridized carbons (Fsp3) is 0. The number of carbonyl (C=O) groups is 1. The van der Waals surface area contributed by atoms with Gasteiger partial charge in [0, 0.05) is 17.8 Å². The zero-order valence-electron chi connectivity index (χ0n) is 11.1. The zero-order chi connectivity index (χ0) is 16.3. The summed E-state index contributed by atoms with van der Waals surface area (Å²) in [4.78, 5) is 31.9. The maximum atomic E-state index is 12.1. The molecule has 2 aromatic carbocycles. The van der Waals surface area contributed by atoms with Gasteiger partial charge in [-0.1, -0.05) is 18.2 Å². The second-order valence-electron chi connectivity index (χ2n) is 4.26. The largest absolute Gasteiger partial charge is 0.398 e. The molecule has 0 aromatic heterocycles. The number of para-hydroxylation sites is 1. The molecule has 112 valence electrons. The summed E-state index contributed by atoms with van der Waals surface area (Å²) in [6, 6.07) is 9.97. The first-order valence-corrected chi connectivity index (χ1v) is 5.99. The lowest BCUT2D eigenvalue weighted by Gasteiger charge is -2.07. The molecule has 0 aliphatic carbocycles. The first-order chi connectivity index (χ1) is 10.4. The Morgan fingerprint density at radius 2 is 1.55 bits per heavy atom. The highest BCUT2D eigenvalue weighted by Crippen LogP contribution is 2.31. The van der Waals surface area contributed by atoms with Gasteiger partial charge in [0.25, 0.3) is 5.91 Å². The van der Waals surface area contributed by atoms with Crippen molar-refractivity contribution in [3.05, 3.63) is 68.3 Å². The van der Waals surface area contributed by atoms with Crippen LogP contribution in [0.25, 0.3) is 0 Å². The van der Waals surface area contributed by atoms with E-state index in [0.717, 1.165) is 12.1 Å². The third-order valence-electron chi connectivity index (χ3n) is 2.82. The molecular weight excluding hydrogens is 292 g/mol. The van der Waals surface area contributed by atoms with Crippen molar-refractivity contribution >= 4 is 28.7 Å². The summed E-state index contributed by atoms with van der Waals surface area (Å²) in [6.07, 6.45) is 0. The van der Waals surface area contributed by atoms with E-state index in [1.807, 2.05) is 0 Å². The molecule has 0 saturated heterocycles. The molecule has 22 heavy (non-hydrogen) atoms. The van der Waals surface area contributed by atoms with Crippen molar-refractivity contribution in [1.82, 2.24) is 0 Å². The molecule has 2 aromatic rings. The van der Waals surface area contributed by atoms with Gasteiger partial charge < -0.3 is 11.1 Å². The third kappa shape index (κ3) is 2.98. The second kappa shape index (κ2) is 5.87. The summed E-state index contributed by atoms with van der Waals surface area (Å²) >= 11 is 0. The number of hydrogen-bond donors (Lipinski definition) is 2. The predicted octanol–water partition coefficient (Wildman–Crippen LogP) is 2.34. The smallest absolute Gasteiger partial charge is 0.348 e. The number of carbonyl (C=O) groups excluding carboxylic acids is 1. The Morgan fingerprint density at radius 1 is 1.00 bits per heavy atom. The molecule has 0 saturated carbocycles. The number of nitro benzene ring substituents is 2. The highest BCUT2D eigenvalue weighted by molar-refractivity contribution is 6.08. The molecule has 0 bridgehead atoms. The number of anilines is 2. The van der Waals surface area contributed by atoms with Crippen LogP contribution in [-0.4, -0.2) is 15.8 Å². The number of nitrogen functional groups attached to an aromatic ring is 1. The molecule has 0 aliphatic rings. The van der Waals surface area contributed by atoms with Gasteiger partial charge in [0.2, 0.25) is 0 Å². The van der Waals surface area contributed by atoms with Crippen molar-refractivity contribution in [1.29, 1.82) is 0 Å². The molecule has 0 radical (unpaired) electrons. The molecule has 9 nitrogen and oxygen atoms in total. The zero-order valence-corrected chi connectivity index (χ0v) is 11.1. The summed E-state index contributed by atoms with van der Waals surface area (Å²) in [7, 11) is 0. The van der Waals surface area contributed by atoms with Crippen molar-refractivity contribution in [2.75, 3.05) is 11.1 Å². The SMILES string of the molecule is Nc1cc([N+](=O)[O-])c([N+](=O)[O-])cc1C(=O)Nc1ccccc1. The molecule has 9 heteroatoms. The number of nitro groups is 2. The molecule has 0 heterocycles. The number of nitrogens with zero attached hydrogens (tertiary/aromatic N) is 2. The van der Waals surface area contributed by atoms with Crippen LogP contribution in [0.4, 0.5) is 22.7 Å². The quantitative estimate of drug-likeness (QED) is 0.504. The topological polar surface area (TPSA) is 141 Å². The Kier molecular flexibility index (Phi) is 3.98. The van der Waals surface area contributed by atoms with Gasteiger partial charge >= 0.3 is 11.4 Å². The van der Waals surface area contributed by atoms with Gasteiger partial charge in [0.15, 0.2) is 0 Å². The minimum Gasteiger partial charge on any atom is -0.398 e. The molecular formula is C13H10N4O5. The van der Waals surface area contributed by atoms with Gasteiger partial charge in [-0.3, -0.25) is 25.0 Å². The molecule has 0 unspecified atom stereocenters. The summed E-state index contributed by atoms with van der Waals surface area (Å²) in [6.45, 7) is 0. The lowest BCUT2D eigenvalue weighted by atomic mass is 10.1. The number of amides is 1. The number of hydrogen-bond acceptors (Lipinski definition) is 6.